The predicted octanol–water partition coefficient (Wildman–Crippen LogP) is 1.66. The molecule has 0 heterocycles. The Balaban J connectivity index is 3.14. The second kappa shape index (κ2) is 3.71. The van der Waals surface area contributed by atoms with Crippen molar-refractivity contribution in [2.45, 2.75) is 6.54 Å². The zero-order valence-corrected chi connectivity index (χ0v) is 6.77. The van der Waals surface area contributed by atoms with Crippen molar-refractivity contribution in [3.05, 3.63) is 28.5 Å². The molecule has 1 aromatic carbocycles. The van der Waals surface area contributed by atoms with Crippen molar-refractivity contribution in [3.8, 4) is 5.75 Å². The van der Waals surface area contributed by atoms with Gasteiger partial charge in [-0.2, -0.15) is 0 Å². The summed E-state index contributed by atoms with van der Waals surface area (Å²) >= 11 is 5.43. The molecular weight excluding hydrogens is 185 g/mol. The lowest BCUT2D eigenvalue weighted by Crippen LogP contribution is -2.08. The molecule has 1 rings (SSSR count). The molecule has 0 spiro atoms. The second-order valence-electron chi connectivity index (χ2n) is 2.19. The molecule has 0 unspecified atom stereocenters. The first-order valence-corrected chi connectivity index (χ1v) is 3.57. The van der Waals surface area contributed by atoms with Crippen LogP contribution in [-0.4, -0.2) is 10.3 Å². The summed E-state index contributed by atoms with van der Waals surface area (Å²) in [4.78, 5) is 0. The van der Waals surface area contributed by atoms with Gasteiger partial charge in [-0.3, -0.25) is 0 Å². The Morgan fingerprint density at radius 3 is 2.75 bits per heavy atom. The molecule has 3 N–H and O–H groups in total. The number of rotatable bonds is 2. The van der Waals surface area contributed by atoms with Gasteiger partial charge in [-0.1, -0.05) is 11.6 Å². The lowest BCUT2D eigenvalue weighted by molar-refractivity contribution is 0.159. The molecule has 1 aromatic rings. The standard InChI is InChI=1S/C7H7ClFNO2/c8-5-1-2-6(11)4(3-10-12)7(5)9/h1-2,10-12H,3H2. The van der Waals surface area contributed by atoms with Crippen LogP contribution in [0.4, 0.5) is 4.39 Å². The van der Waals surface area contributed by atoms with Crippen LogP contribution >= 0.6 is 11.6 Å². The van der Waals surface area contributed by atoms with E-state index in [0.29, 0.717) is 0 Å². The van der Waals surface area contributed by atoms with Crippen LogP contribution in [0, 0.1) is 5.82 Å². The maximum Gasteiger partial charge on any atom is 0.150 e. The summed E-state index contributed by atoms with van der Waals surface area (Å²) < 4.78 is 13.0. The number of hydroxylamine groups is 1. The van der Waals surface area contributed by atoms with Crippen LogP contribution < -0.4 is 5.48 Å². The average molecular weight is 192 g/mol. The lowest BCUT2D eigenvalue weighted by atomic mass is 10.2. The van der Waals surface area contributed by atoms with E-state index in [1.54, 1.807) is 5.48 Å². The minimum atomic E-state index is -0.724. The fourth-order valence-corrected chi connectivity index (χ4v) is 1.01. The van der Waals surface area contributed by atoms with E-state index in [-0.39, 0.29) is 22.9 Å². The van der Waals surface area contributed by atoms with Crippen LogP contribution in [-0.2, 0) is 6.54 Å². The van der Waals surface area contributed by atoms with Crippen LogP contribution in [0.25, 0.3) is 0 Å². The predicted molar refractivity (Wildman–Crippen MR) is 41.7 cm³/mol. The van der Waals surface area contributed by atoms with Crippen molar-refractivity contribution in [1.82, 2.24) is 5.48 Å². The molecule has 0 aliphatic rings. The van der Waals surface area contributed by atoms with Gasteiger partial charge in [0.25, 0.3) is 0 Å². The van der Waals surface area contributed by atoms with Crippen molar-refractivity contribution < 1.29 is 14.7 Å². The van der Waals surface area contributed by atoms with E-state index in [2.05, 4.69) is 0 Å². The molecule has 12 heavy (non-hydrogen) atoms. The third-order valence-corrected chi connectivity index (χ3v) is 1.72. The SMILES string of the molecule is ONCc1c(O)ccc(Cl)c1F. The quantitative estimate of drug-likeness (QED) is 0.624. The molecule has 0 saturated heterocycles. The molecular formula is C7H7ClFNO2. The maximum atomic E-state index is 13.0. The van der Waals surface area contributed by atoms with Gasteiger partial charge < -0.3 is 10.3 Å². The number of hydrogen-bond donors (Lipinski definition) is 3. The second-order valence-corrected chi connectivity index (χ2v) is 2.60. The summed E-state index contributed by atoms with van der Waals surface area (Å²) in [5, 5.41) is 17.3. The normalized spacial score (nSPS) is 10.2. The van der Waals surface area contributed by atoms with Gasteiger partial charge in [0.1, 0.15) is 11.6 Å². The van der Waals surface area contributed by atoms with Crippen LogP contribution in [0.3, 0.4) is 0 Å². The zero-order chi connectivity index (χ0) is 9.14. The molecule has 66 valence electrons. The highest BCUT2D eigenvalue weighted by Gasteiger charge is 2.10. The summed E-state index contributed by atoms with van der Waals surface area (Å²) in [5.41, 5.74) is 1.68. The Kier molecular flexibility index (Phi) is 2.86. The summed E-state index contributed by atoms with van der Waals surface area (Å²) in [7, 11) is 0. The molecule has 0 fully saturated rings. The monoisotopic (exact) mass is 191 g/mol. The third kappa shape index (κ3) is 1.66. The zero-order valence-electron chi connectivity index (χ0n) is 6.01. The fourth-order valence-electron chi connectivity index (χ4n) is 0.830. The van der Waals surface area contributed by atoms with Crippen molar-refractivity contribution in [2.75, 3.05) is 0 Å². The Labute approximate surface area is 73.4 Å². The summed E-state index contributed by atoms with van der Waals surface area (Å²) in [6.07, 6.45) is 0. The first-order chi connectivity index (χ1) is 5.66. The van der Waals surface area contributed by atoms with Crippen molar-refractivity contribution in [2.24, 2.45) is 0 Å². The molecule has 0 atom stereocenters. The Morgan fingerprint density at radius 2 is 2.17 bits per heavy atom. The van der Waals surface area contributed by atoms with E-state index in [1.165, 1.54) is 12.1 Å². The molecule has 0 saturated carbocycles. The molecule has 0 radical (unpaired) electrons. The minimum Gasteiger partial charge on any atom is -0.508 e. The first-order valence-electron chi connectivity index (χ1n) is 3.19. The average Bonchev–Trinajstić information content (AvgIpc) is 2.06. The Bertz CT molecular complexity index is 293. The Hall–Kier alpha value is -0.840. The molecule has 5 heteroatoms. The molecule has 0 aromatic heterocycles. The van der Waals surface area contributed by atoms with Gasteiger partial charge in [0.2, 0.25) is 0 Å². The summed E-state index contributed by atoms with van der Waals surface area (Å²) in [6, 6.07) is 2.51. The van der Waals surface area contributed by atoms with Gasteiger partial charge >= 0.3 is 0 Å². The van der Waals surface area contributed by atoms with Gasteiger partial charge in [0.15, 0.2) is 0 Å². The van der Waals surface area contributed by atoms with Gasteiger partial charge in [-0.25, -0.2) is 9.87 Å². The summed E-state index contributed by atoms with van der Waals surface area (Å²) in [5.74, 6) is -0.961. The number of halogens is 2. The molecule has 0 aliphatic carbocycles. The van der Waals surface area contributed by atoms with Crippen molar-refractivity contribution in [3.63, 3.8) is 0 Å². The van der Waals surface area contributed by atoms with Crippen LogP contribution in [0.15, 0.2) is 12.1 Å². The molecule has 0 amide bonds. The third-order valence-electron chi connectivity index (χ3n) is 1.43. The minimum absolute atomic E-state index is 0.0509. The van der Waals surface area contributed by atoms with Gasteiger partial charge in [0.05, 0.1) is 11.6 Å². The smallest absolute Gasteiger partial charge is 0.150 e. The fraction of sp³-hybridized carbons (Fsp3) is 0.143. The number of aromatic hydroxyl groups is 1. The summed E-state index contributed by atoms with van der Waals surface area (Å²) in [6.45, 7) is -0.182. The molecule has 3 nitrogen and oxygen atoms in total. The van der Waals surface area contributed by atoms with E-state index in [1.807, 2.05) is 0 Å². The van der Waals surface area contributed by atoms with E-state index < -0.39 is 5.82 Å². The van der Waals surface area contributed by atoms with E-state index in [9.17, 15) is 4.39 Å². The van der Waals surface area contributed by atoms with E-state index in [4.69, 9.17) is 21.9 Å². The number of phenolic OH excluding ortho intramolecular Hbond substituents is 1. The number of nitrogens with one attached hydrogen (secondary N) is 1. The topological polar surface area (TPSA) is 52.5 Å². The number of phenols is 1. The van der Waals surface area contributed by atoms with E-state index in [0.717, 1.165) is 0 Å². The Morgan fingerprint density at radius 1 is 1.50 bits per heavy atom. The van der Waals surface area contributed by atoms with Crippen molar-refractivity contribution >= 4 is 11.6 Å². The van der Waals surface area contributed by atoms with Gasteiger partial charge in [0, 0.05) is 5.56 Å². The number of benzene rings is 1. The van der Waals surface area contributed by atoms with Gasteiger partial charge in [-0.05, 0) is 12.1 Å². The highest BCUT2D eigenvalue weighted by Crippen LogP contribution is 2.25. The van der Waals surface area contributed by atoms with Crippen LogP contribution in [0.2, 0.25) is 5.02 Å². The van der Waals surface area contributed by atoms with Crippen molar-refractivity contribution in [1.29, 1.82) is 0 Å². The van der Waals surface area contributed by atoms with Crippen LogP contribution in [0.5, 0.6) is 5.75 Å². The maximum absolute atomic E-state index is 13.0. The number of hydrogen-bond acceptors (Lipinski definition) is 3. The highest BCUT2D eigenvalue weighted by atomic mass is 35.5. The highest BCUT2D eigenvalue weighted by molar-refractivity contribution is 6.30. The van der Waals surface area contributed by atoms with Gasteiger partial charge in [-0.15, -0.1) is 0 Å². The first kappa shape index (κ1) is 9.25. The lowest BCUT2D eigenvalue weighted by Gasteiger charge is -2.05. The van der Waals surface area contributed by atoms with Crippen LogP contribution in [0.1, 0.15) is 5.56 Å². The molecule has 0 bridgehead atoms. The molecule has 0 aliphatic heterocycles. The largest absolute Gasteiger partial charge is 0.508 e. The van der Waals surface area contributed by atoms with E-state index >= 15 is 0 Å².